The van der Waals surface area contributed by atoms with E-state index in [1.807, 2.05) is 48.9 Å². The van der Waals surface area contributed by atoms with Gasteiger partial charge in [-0.05, 0) is 25.3 Å². The van der Waals surface area contributed by atoms with Crippen LogP contribution in [-0.4, -0.2) is 43.2 Å². The van der Waals surface area contributed by atoms with Gasteiger partial charge in [0.1, 0.15) is 5.82 Å². The molecule has 0 bridgehead atoms. The summed E-state index contributed by atoms with van der Waals surface area (Å²) in [7, 11) is 1.82. The van der Waals surface area contributed by atoms with E-state index in [9.17, 15) is 4.79 Å². The highest BCUT2D eigenvalue weighted by Crippen LogP contribution is 2.19. The second kappa shape index (κ2) is 6.67. The fourth-order valence-electron chi connectivity index (χ4n) is 2.26. The van der Waals surface area contributed by atoms with E-state index in [0.717, 1.165) is 17.2 Å². The Labute approximate surface area is 142 Å². The number of carbonyl (C=O) groups is 1. The van der Waals surface area contributed by atoms with Crippen molar-refractivity contribution in [2.45, 2.75) is 25.5 Å². The number of rotatable bonds is 5. The number of thiophene rings is 1. The first-order chi connectivity index (χ1) is 11.0. The molecule has 0 radical (unpaired) electrons. The van der Waals surface area contributed by atoms with Gasteiger partial charge < -0.3 is 4.90 Å². The average molecular weight is 347 g/mol. The first-order valence-electron chi connectivity index (χ1n) is 7.13. The van der Waals surface area contributed by atoms with Crippen LogP contribution in [0.4, 0.5) is 0 Å². The van der Waals surface area contributed by atoms with Crippen LogP contribution in [0.1, 0.15) is 16.4 Å². The van der Waals surface area contributed by atoms with Crippen LogP contribution < -0.4 is 0 Å². The molecule has 0 aliphatic rings. The molecule has 0 aromatic carbocycles. The smallest absolute Gasteiger partial charge is 0.233 e. The quantitative estimate of drug-likeness (QED) is 0.664. The summed E-state index contributed by atoms with van der Waals surface area (Å²) in [5.74, 6) is 1.22. The van der Waals surface area contributed by atoms with Gasteiger partial charge >= 0.3 is 0 Å². The fraction of sp³-hybridized carbons (Fsp3) is 0.333. The monoisotopic (exact) mass is 347 g/mol. The Balaban J connectivity index is 1.67. The van der Waals surface area contributed by atoms with Gasteiger partial charge in [0.05, 0.1) is 12.3 Å². The highest BCUT2D eigenvalue weighted by molar-refractivity contribution is 7.99. The zero-order valence-corrected chi connectivity index (χ0v) is 14.8. The third-order valence-corrected chi connectivity index (χ3v) is 5.16. The van der Waals surface area contributed by atoms with Gasteiger partial charge in [-0.25, -0.2) is 4.98 Å². The molecule has 0 saturated carbocycles. The number of thioether (sulfide) groups is 1. The number of aryl methyl sites for hydroxylation is 2. The van der Waals surface area contributed by atoms with Gasteiger partial charge in [0.2, 0.25) is 5.91 Å². The van der Waals surface area contributed by atoms with Crippen LogP contribution >= 0.6 is 23.1 Å². The molecule has 1 amide bonds. The number of aromatic nitrogens is 4. The number of hydrogen-bond acceptors (Lipinski definition) is 6. The molecule has 0 saturated heterocycles. The Kier molecular flexibility index (Phi) is 4.63. The largest absolute Gasteiger partial charge is 0.340 e. The summed E-state index contributed by atoms with van der Waals surface area (Å²) in [5, 5.41) is 11.0. The Bertz CT molecular complexity index is 828. The van der Waals surface area contributed by atoms with Crippen molar-refractivity contribution < 1.29 is 4.79 Å². The van der Waals surface area contributed by atoms with E-state index in [0.29, 0.717) is 17.5 Å². The number of amides is 1. The predicted octanol–water partition coefficient (Wildman–Crippen LogP) is 2.55. The SMILES string of the molecule is Cc1cc2nnc(SCC(=O)N(C)Cc3cccs3)n2c(C)n1. The molecule has 8 heteroatoms. The minimum atomic E-state index is 0.0675. The van der Waals surface area contributed by atoms with Crippen LogP contribution in [-0.2, 0) is 11.3 Å². The van der Waals surface area contributed by atoms with Crippen LogP contribution in [0.5, 0.6) is 0 Å². The van der Waals surface area contributed by atoms with Crippen molar-refractivity contribution >= 4 is 34.7 Å². The zero-order chi connectivity index (χ0) is 16.4. The molecular weight excluding hydrogens is 330 g/mol. The molecule has 3 aromatic heterocycles. The molecule has 0 atom stereocenters. The summed E-state index contributed by atoms with van der Waals surface area (Å²) in [4.78, 5) is 19.6. The van der Waals surface area contributed by atoms with Gasteiger partial charge in [0, 0.05) is 23.7 Å². The molecule has 0 aliphatic heterocycles. The third-order valence-electron chi connectivity index (χ3n) is 3.38. The zero-order valence-electron chi connectivity index (χ0n) is 13.2. The second-order valence-electron chi connectivity index (χ2n) is 5.24. The van der Waals surface area contributed by atoms with Crippen molar-refractivity contribution in [1.82, 2.24) is 24.5 Å². The first-order valence-corrected chi connectivity index (χ1v) is 8.99. The molecule has 0 unspecified atom stereocenters. The van der Waals surface area contributed by atoms with Gasteiger partial charge in [-0.1, -0.05) is 17.8 Å². The van der Waals surface area contributed by atoms with E-state index < -0.39 is 0 Å². The van der Waals surface area contributed by atoms with E-state index in [1.54, 1.807) is 16.2 Å². The minimum absolute atomic E-state index is 0.0675. The summed E-state index contributed by atoms with van der Waals surface area (Å²) in [6, 6.07) is 5.91. The second-order valence-corrected chi connectivity index (χ2v) is 7.21. The summed E-state index contributed by atoms with van der Waals surface area (Å²) < 4.78 is 1.88. The summed E-state index contributed by atoms with van der Waals surface area (Å²) in [6.45, 7) is 4.48. The molecule has 23 heavy (non-hydrogen) atoms. The molecule has 3 rings (SSSR count). The van der Waals surface area contributed by atoms with Crippen LogP contribution in [0.15, 0.2) is 28.7 Å². The van der Waals surface area contributed by atoms with Gasteiger partial charge in [-0.3, -0.25) is 9.20 Å². The Hall–Kier alpha value is -1.93. The molecule has 0 fully saturated rings. The number of hydrogen-bond donors (Lipinski definition) is 0. The lowest BCUT2D eigenvalue weighted by molar-refractivity contribution is -0.127. The Morgan fingerprint density at radius 1 is 1.39 bits per heavy atom. The minimum Gasteiger partial charge on any atom is -0.340 e. The summed E-state index contributed by atoms with van der Waals surface area (Å²) in [6.07, 6.45) is 0. The maximum atomic E-state index is 12.3. The number of fused-ring (bicyclic) bond motifs is 1. The molecule has 0 N–H and O–H groups in total. The van der Waals surface area contributed by atoms with Crippen LogP contribution in [0.25, 0.3) is 5.65 Å². The average Bonchev–Trinajstić information content (AvgIpc) is 3.14. The highest BCUT2D eigenvalue weighted by atomic mass is 32.2. The van der Waals surface area contributed by atoms with Crippen molar-refractivity contribution in [3.63, 3.8) is 0 Å². The molecule has 6 nitrogen and oxygen atoms in total. The van der Waals surface area contributed by atoms with Gasteiger partial charge in [-0.2, -0.15) is 0 Å². The van der Waals surface area contributed by atoms with Crippen LogP contribution in [0.2, 0.25) is 0 Å². The van der Waals surface area contributed by atoms with Gasteiger partial charge in [0.25, 0.3) is 0 Å². The Morgan fingerprint density at radius 2 is 2.22 bits per heavy atom. The van der Waals surface area contributed by atoms with E-state index >= 15 is 0 Å². The topological polar surface area (TPSA) is 63.4 Å². The summed E-state index contributed by atoms with van der Waals surface area (Å²) in [5.41, 5.74) is 1.67. The number of nitrogens with zero attached hydrogens (tertiary/aromatic N) is 5. The van der Waals surface area contributed by atoms with Crippen molar-refractivity contribution in [3.05, 3.63) is 40.0 Å². The predicted molar refractivity (Wildman–Crippen MR) is 91.8 cm³/mol. The van der Waals surface area contributed by atoms with Crippen molar-refractivity contribution in [2.75, 3.05) is 12.8 Å². The van der Waals surface area contributed by atoms with E-state index in [-0.39, 0.29) is 5.91 Å². The molecule has 0 aliphatic carbocycles. The Morgan fingerprint density at radius 3 is 2.96 bits per heavy atom. The molecular formula is C15H17N5OS2. The van der Waals surface area contributed by atoms with Gasteiger partial charge in [-0.15, -0.1) is 21.5 Å². The lowest BCUT2D eigenvalue weighted by Crippen LogP contribution is -2.27. The standard InChI is InChI=1S/C15H17N5OS2/c1-10-7-13-17-18-15(20(13)11(2)16-10)23-9-14(21)19(3)8-12-5-4-6-22-12/h4-7H,8-9H2,1-3H3. The van der Waals surface area contributed by atoms with Crippen LogP contribution in [0, 0.1) is 13.8 Å². The number of carbonyl (C=O) groups excluding carboxylic acids is 1. The third kappa shape index (κ3) is 3.53. The lowest BCUT2D eigenvalue weighted by Gasteiger charge is -2.15. The lowest BCUT2D eigenvalue weighted by atomic mass is 10.4. The summed E-state index contributed by atoms with van der Waals surface area (Å²) >= 11 is 3.04. The highest BCUT2D eigenvalue weighted by Gasteiger charge is 2.14. The van der Waals surface area contributed by atoms with E-state index in [1.165, 1.54) is 16.6 Å². The van der Waals surface area contributed by atoms with Crippen molar-refractivity contribution in [2.24, 2.45) is 0 Å². The fourth-order valence-corrected chi connectivity index (χ4v) is 3.94. The van der Waals surface area contributed by atoms with Gasteiger partial charge in [0.15, 0.2) is 10.8 Å². The first kappa shape index (κ1) is 15.9. The van der Waals surface area contributed by atoms with E-state index in [2.05, 4.69) is 15.2 Å². The molecule has 3 aromatic rings. The van der Waals surface area contributed by atoms with Crippen molar-refractivity contribution in [1.29, 1.82) is 0 Å². The van der Waals surface area contributed by atoms with E-state index in [4.69, 9.17) is 0 Å². The maximum absolute atomic E-state index is 12.3. The van der Waals surface area contributed by atoms with Crippen LogP contribution in [0.3, 0.4) is 0 Å². The molecule has 0 spiro atoms. The molecule has 120 valence electrons. The molecule has 3 heterocycles. The van der Waals surface area contributed by atoms with Crippen molar-refractivity contribution in [3.8, 4) is 0 Å². The normalized spacial score (nSPS) is 11.1. The maximum Gasteiger partial charge on any atom is 0.233 e.